The first-order valence-electron chi connectivity index (χ1n) is 10.4. The molecule has 1 saturated heterocycles. The van der Waals surface area contributed by atoms with Crippen LogP contribution < -0.4 is 15.5 Å². The summed E-state index contributed by atoms with van der Waals surface area (Å²) in [6.45, 7) is 3.72. The number of aryl methyl sites for hydroxylation is 2. The molecule has 1 aliphatic carbocycles. The first-order valence-corrected chi connectivity index (χ1v) is 10.4. The third-order valence-electron chi connectivity index (χ3n) is 5.81. The van der Waals surface area contributed by atoms with Gasteiger partial charge in [-0.2, -0.15) is 0 Å². The van der Waals surface area contributed by atoms with Crippen LogP contribution in [0.2, 0.25) is 0 Å². The van der Waals surface area contributed by atoms with E-state index in [1.165, 1.54) is 36.0 Å². The monoisotopic (exact) mass is 379 g/mol. The zero-order valence-corrected chi connectivity index (χ0v) is 16.5. The van der Waals surface area contributed by atoms with Gasteiger partial charge in [0.2, 0.25) is 5.95 Å². The van der Waals surface area contributed by atoms with Crippen LogP contribution in [0.15, 0.2) is 36.7 Å². The molecule has 6 nitrogen and oxygen atoms in total. The second kappa shape index (κ2) is 8.59. The molecule has 2 aliphatic rings. The fraction of sp³-hybridized carbons (Fsp3) is 0.500. The summed E-state index contributed by atoms with van der Waals surface area (Å²) in [5.74, 6) is 0.733. The molecule has 0 bridgehead atoms. The molecule has 1 aromatic heterocycles. The van der Waals surface area contributed by atoms with E-state index in [1.807, 2.05) is 6.07 Å². The summed E-state index contributed by atoms with van der Waals surface area (Å²) < 4.78 is 0. The molecule has 0 unspecified atom stereocenters. The van der Waals surface area contributed by atoms with Crippen molar-refractivity contribution in [2.75, 3.05) is 18.0 Å². The highest BCUT2D eigenvalue weighted by Gasteiger charge is 2.23. The lowest BCUT2D eigenvalue weighted by molar-refractivity contribution is 0.232. The van der Waals surface area contributed by atoms with Crippen molar-refractivity contribution >= 4 is 12.0 Å². The summed E-state index contributed by atoms with van der Waals surface area (Å²) in [6, 6.07) is 8.47. The molecular formula is C22H29N5O. The number of piperidine rings is 1. The number of nitrogens with one attached hydrogen (secondary N) is 2. The molecule has 4 rings (SSSR count). The molecule has 6 heteroatoms. The van der Waals surface area contributed by atoms with Gasteiger partial charge in [0.15, 0.2) is 0 Å². The summed E-state index contributed by atoms with van der Waals surface area (Å²) in [6.07, 6.45) is 10.4. The standard InChI is InChI=1S/C22H29N5O/c1-16(18-10-9-17-6-2-3-7-19(17)14-18)25-22(28)26-20-8-4-13-27(15-20)21-23-11-5-12-24-21/h5,9-12,14,16,20H,2-4,6-8,13,15H2,1H3,(H2,25,26,28)/t16-,20-/m0/s1. The van der Waals surface area contributed by atoms with Crippen molar-refractivity contribution in [1.82, 2.24) is 20.6 Å². The van der Waals surface area contributed by atoms with Gasteiger partial charge in [-0.15, -0.1) is 0 Å². The average Bonchev–Trinajstić information content (AvgIpc) is 2.74. The van der Waals surface area contributed by atoms with Crippen molar-refractivity contribution in [1.29, 1.82) is 0 Å². The van der Waals surface area contributed by atoms with Crippen LogP contribution >= 0.6 is 0 Å². The van der Waals surface area contributed by atoms with Crippen LogP contribution in [-0.2, 0) is 12.8 Å². The fourth-order valence-corrected chi connectivity index (χ4v) is 4.26. The molecule has 2 heterocycles. The number of benzene rings is 1. The minimum absolute atomic E-state index is 0.00984. The highest BCUT2D eigenvalue weighted by Crippen LogP contribution is 2.24. The Morgan fingerprint density at radius 2 is 1.93 bits per heavy atom. The second-order valence-corrected chi connectivity index (χ2v) is 7.91. The van der Waals surface area contributed by atoms with E-state index in [9.17, 15) is 4.79 Å². The number of fused-ring (bicyclic) bond motifs is 1. The van der Waals surface area contributed by atoms with Gasteiger partial charge < -0.3 is 15.5 Å². The minimum Gasteiger partial charge on any atom is -0.339 e. The minimum atomic E-state index is -0.106. The number of carbonyl (C=O) groups excluding carboxylic acids is 1. The Balaban J connectivity index is 1.32. The maximum atomic E-state index is 12.6. The topological polar surface area (TPSA) is 70.2 Å². The van der Waals surface area contributed by atoms with E-state index in [0.717, 1.165) is 38.3 Å². The van der Waals surface area contributed by atoms with Gasteiger partial charge in [-0.1, -0.05) is 18.2 Å². The Labute approximate surface area is 166 Å². The van der Waals surface area contributed by atoms with E-state index in [-0.39, 0.29) is 18.1 Å². The number of amides is 2. The van der Waals surface area contributed by atoms with Gasteiger partial charge in [-0.25, -0.2) is 14.8 Å². The first-order chi connectivity index (χ1) is 13.7. The smallest absolute Gasteiger partial charge is 0.315 e. The van der Waals surface area contributed by atoms with Crippen LogP contribution in [-0.4, -0.2) is 35.1 Å². The summed E-state index contributed by atoms with van der Waals surface area (Å²) in [5.41, 5.74) is 4.10. The van der Waals surface area contributed by atoms with Gasteiger partial charge in [-0.3, -0.25) is 0 Å². The Morgan fingerprint density at radius 1 is 1.14 bits per heavy atom. The second-order valence-electron chi connectivity index (χ2n) is 7.91. The van der Waals surface area contributed by atoms with Gasteiger partial charge in [-0.05, 0) is 68.2 Å². The molecule has 0 spiro atoms. The molecule has 2 amide bonds. The maximum Gasteiger partial charge on any atom is 0.315 e. The lowest BCUT2D eigenvalue weighted by atomic mass is 9.89. The lowest BCUT2D eigenvalue weighted by Crippen LogP contribution is -2.51. The Bertz CT molecular complexity index is 810. The maximum absolute atomic E-state index is 12.6. The molecule has 1 fully saturated rings. The predicted molar refractivity (Wildman–Crippen MR) is 110 cm³/mol. The molecule has 1 aromatic carbocycles. The SMILES string of the molecule is C[C@H](NC(=O)N[C@H]1CCCN(c2ncccn2)C1)c1ccc2c(c1)CCCC2. The summed E-state index contributed by atoms with van der Waals surface area (Å²) >= 11 is 0. The van der Waals surface area contributed by atoms with Crippen LogP contribution in [0.5, 0.6) is 0 Å². The summed E-state index contributed by atoms with van der Waals surface area (Å²) in [7, 11) is 0. The van der Waals surface area contributed by atoms with Crippen LogP contribution in [0.25, 0.3) is 0 Å². The van der Waals surface area contributed by atoms with Crippen LogP contribution in [0.4, 0.5) is 10.7 Å². The van der Waals surface area contributed by atoms with Gasteiger partial charge in [0, 0.05) is 31.5 Å². The van der Waals surface area contributed by atoms with Crippen LogP contribution in [0.1, 0.15) is 55.3 Å². The number of rotatable bonds is 4. The highest BCUT2D eigenvalue weighted by atomic mass is 16.2. The van der Waals surface area contributed by atoms with Crippen molar-refractivity contribution in [2.45, 2.75) is 57.5 Å². The van der Waals surface area contributed by atoms with Crippen molar-refractivity contribution in [3.8, 4) is 0 Å². The summed E-state index contributed by atoms with van der Waals surface area (Å²) in [5, 5.41) is 6.24. The largest absolute Gasteiger partial charge is 0.339 e. The van der Waals surface area contributed by atoms with Crippen molar-refractivity contribution in [2.24, 2.45) is 0 Å². The third kappa shape index (κ3) is 4.43. The summed E-state index contributed by atoms with van der Waals surface area (Å²) in [4.78, 5) is 23.3. The van der Waals surface area contributed by atoms with Gasteiger partial charge in [0.1, 0.15) is 0 Å². The third-order valence-corrected chi connectivity index (χ3v) is 5.81. The predicted octanol–water partition coefficient (Wildman–Crippen LogP) is 3.38. The molecule has 2 aromatic rings. The fourth-order valence-electron chi connectivity index (χ4n) is 4.26. The number of nitrogens with zero attached hydrogens (tertiary/aromatic N) is 3. The van der Waals surface area contributed by atoms with Crippen LogP contribution in [0.3, 0.4) is 0 Å². The van der Waals surface area contributed by atoms with E-state index in [4.69, 9.17) is 0 Å². The Kier molecular flexibility index (Phi) is 5.74. The zero-order valence-electron chi connectivity index (χ0n) is 16.5. The molecule has 0 radical (unpaired) electrons. The molecule has 0 saturated carbocycles. The van der Waals surface area contributed by atoms with E-state index < -0.39 is 0 Å². The number of anilines is 1. The molecular weight excluding hydrogens is 350 g/mol. The van der Waals surface area contributed by atoms with Crippen LogP contribution in [0, 0.1) is 0 Å². The van der Waals surface area contributed by atoms with Crippen molar-refractivity contribution in [3.63, 3.8) is 0 Å². The van der Waals surface area contributed by atoms with E-state index >= 15 is 0 Å². The van der Waals surface area contributed by atoms with Gasteiger partial charge >= 0.3 is 6.03 Å². The van der Waals surface area contributed by atoms with E-state index in [2.05, 4.69) is 50.6 Å². The van der Waals surface area contributed by atoms with E-state index in [0.29, 0.717) is 0 Å². The first kappa shape index (κ1) is 18.7. The number of carbonyl (C=O) groups is 1. The lowest BCUT2D eigenvalue weighted by Gasteiger charge is -2.33. The number of hydrogen-bond acceptors (Lipinski definition) is 4. The molecule has 2 N–H and O–H groups in total. The molecule has 28 heavy (non-hydrogen) atoms. The van der Waals surface area contributed by atoms with Crippen molar-refractivity contribution < 1.29 is 4.79 Å². The Morgan fingerprint density at radius 3 is 2.75 bits per heavy atom. The average molecular weight is 380 g/mol. The zero-order chi connectivity index (χ0) is 19.3. The van der Waals surface area contributed by atoms with Gasteiger partial charge in [0.25, 0.3) is 0 Å². The van der Waals surface area contributed by atoms with Crippen molar-refractivity contribution in [3.05, 3.63) is 53.3 Å². The number of aromatic nitrogens is 2. The quantitative estimate of drug-likeness (QED) is 0.854. The van der Waals surface area contributed by atoms with Gasteiger partial charge in [0.05, 0.1) is 6.04 Å². The number of hydrogen-bond donors (Lipinski definition) is 2. The highest BCUT2D eigenvalue weighted by molar-refractivity contribution is 5.75. The Hall–Kier alpha value is -2.63. The molecule has 148 valence electrons. The molecule has 2 atom stereocenters. The number of urea groups is 1. The normalized spacial score (nSPS) is 20.2. The molecule has 1 aliphatic heterocycles. The van der Waals surface area contributed by atoms with E-state index in [1.54, 1.807) is 12.4 Å².